The van der Waals surface area contributed by atoms with Gasteiger partial charge in [-0.1, -0.05) is 30.1 Å². The zero-order valence-corrected chi connectivity index (χ0v) is 18.0. The van der Waals surface area contributed by atoms with Crippen molar-refractivity contribution in [1.82, 2.24) is 14.5 Å². The number of halogens is 2. The summed E-state index contributed by atoms with van der Waals surface area (Å²) in [6, 6.07) is 5.66. The molecule has 144 valence electrons. The van der Waals surface area contributed by atoms with Gasteiger partial charge >= 0.3 is 0 Å². The quantitative estimate of drug-likeness (QED) is 0.349. The van der Waals surface area contributed by atoms with Crippen LogP contribution in [0.1, 0.15) is 37.6 Å². The number of pyridine rings is 1. The van der Waals surface area contributed by atoms with Gasteiger partial charge in [0.1, 0.15) is 11.3 Å². The Morgan fingerprint density at radius 1 is 1.22 bits per heavy atom. The molecular formula is C20H24Cl2N4S. The highest BCUT2D eigenvalue weighted by molar-refractivity contribution is 7.99. The summed E-state index contributed by atoms with van der Waals surface area (Å²) in [5.74, 6) is 2.63. The number of fused-ring (bicyclic) bond motifs is 1. The van der Waals surface area contributed by atoms with Crippen molar-refractivity contribution in [3.63, 3.8) is 0 Å². The summed E-state index contributed by atoms with van der Waals surface area (Å²) in [5.41, 5.74) is 9.14. The molecule has 0 spiro atoms. The molecule has 0 aliphatic carbocycles. The summed E-state index contributed by atoms with van der Waals surface area (Å²) < 4.78 is 2.33. The molecule has 0 atom stereocenters. The first-order valence-corrected chi connectivity index (χ1v) is 10.9. The van der Waals surface area contributed by atoms with Crippen LogP contribution in [0.25, 0.3) is 11.0 Å². The van der Waals surface area contributed by atoms with Gasteiger partial charge in [0, 0.05) is 29.1 Å². The number of hydrogen-bond donors (Lipinski definition) is 1. The minimum absolute atomic E-state index is 0.514. The second-order valence-electron chi connectivity index (χ2n) is 6.58. The Labute approximate surface area is 174 Å². The molecule has 0 aliphatic rings. The van der Waals surface area contributed by atoms with Crippen LogP contribution in [-0.2, 0) is 13.0 Å². The van der Waals surface area contributed by atoms with Crippen LogP contribution in [0.2, 0.25) is 10.0 Å². The molecule has 2 N–H and O–H groups in total. The summed E-state index contributed by atoms with van der Waals surface area (Å²) in [4.78, 5) is 10.1. The van der Waals surface area contributed by atoms with E-state index < -0.39 is 0 Å². The fourth-order valence-electron chi connectivity index (χ4n) is 3.17. The van der Waals surface area contributed by atoms with E-state index in [1.54, 1.807) is 17.8 Å². The fraction of sp³-hybridized carbons (Fsp3) is 0.400. The van der Waals surface area contributed by atoms with E-state index >= 15 is 0 Å². The average Bonchev–Trinajstić information content (AvgIpc) is 3.00. The second-order valence-corrected chi connectivity index (χ2v) is 8.56. The van der Waals surface area contributed by atoms with Crippen molar-refractivity contribution in [2.24, 2.45) is 0 Å². The van der Waals surface area contributed by atoms with E-state index in [4.69, 9.17) is 33.9 Å². The van der Waals surface area contributed by atoms with Gasteiger partial charge in [0.15, 0.2) is 5.82 Å². The Kier molecular flexibility index (Phi) is 6.90. The van der Waals surface area contributed by atoms with Crippen molar-refractivity contribution in [2.75, 3.05) is 11.5 Å². The molecule has 7 heteroatoms. The van der Waals surface area contributed by atoms with E-state index in [9.17, 15) is 0 Å². The van der Waals surface area contributed by atoms with Gasteiger partial charge in [-0.3, -0.25) is 0 Å². The first-order valence-electron chi connectivity index (χ1n) is 9.19. The number of nitrogens with two attached hydrogens (primary N) is 1. The number of nitrogen functional groups attached to an aromatic ring is 1. The van der Waals surface area contributed by atoms with Gasteiger partial charge in [-0.2, -0.15) is 0 Å². The fourth-order valence-corrected chi connectivity index (χ4v) is 4.67. The molecule has 3 aromatic rings. The van der Waals surface area contributed by atoms with Crippen LogP contribution in [0.15, 0.2) is 29.3 Å². The molecular weight excluding hydrogens is 399 g/mol. The predicted octanol–water partition coefficient (Wildman–Crippen LogP) is 6.15. The number of aryl methyl sites for hydroxylation is 3. The van der Waals surface area contributed by atoms with E-state index in [0.29, 0.717) is 10.8 Å². The smallest absolute Gasteiger partial charge is 0.151 e. The van der Waals surface area contributed by atoms with Crippen LogP contribution in [0.5, 0.6) is 0 Å². The highest BCUT2D eigenvalue weighted by Gasteiger charge is 2.15. The topological polar surface area (TPSA) is 56.7 Å². The number of hydrogen-bond acceptors (Lipinski definition) is 4. The molecule has 0 saturated heterocycles. The number of unbranched alkanes of at least 4 members (excludes halogenated alkanes) is 1. The highest BCUT2D eigenvalue weighted by Crippen LogP contribution is 2.30. The molecule has 0 saturated carbocycles. The Hall–Kier alpha value is -1.43. The van der Waals surface area contributed by atoms with Gasteiger partial charge in [0.2, 0.25) is 0 Å². The van der Waals surface area contributed by atoms with E-state index in [0.717, 1.165) is 70.3 Å². The largest absolute Gasteiger partial charge is 0.382 e. The zero-order valence-electron chi connectivity index (χ0n) is 15.6. The van der Waals surface area contributed by atoms with Crippen LogP contribution in [-0.4, -0.2) is 20.3 Å². The molecule has 2 heterocycles. The van der Waals surface area contributed by atoms with Crippen molar-refractivity contribution in [3.8, 4) is 0 Å². The van der Waals surface area contributed by atoms with Crippen LogP contribution in [0.3, 0.4) is 0 Å². The Bertz CT molecular complexity index is 939. The maximum Gasteiger partial charge on any atom is 0.151 e. The molecule has 2 aromatic heterocycles. The SMILES string of the molecule is CCCc1nc2c(N)ncc(C)c2n1CCCCSc1ccc(Cl)cc1Cl. The van der Waals surface area contributed by atoms with Crippen molar-refractivity contribution in [3.05, 3.63) is 45.8 Å². The summed E-state index contributed by atoms with van der Waals surface area (Å²) in [7, 11) is 0. The lowest BCUT2D eigenvalue weighted by Crippen LogP contribution is -2.05. The first-order chi connectivity index (χ1) is 13.0. The van der Waals surface area contributed by atoms with Crippen LogP contribution in [0, 0.1) is 6.92 Å². The average molecular weight is 423 g/mol. The molecule has 0 unspecified atom stereocenters. The molecule has 0 bridgehead atoms. The van der Waals surface area contributed by atoms with Crippen LogP contribution in [0.4, 0.5) is 5.82 Å². The third-order valence-corrected chi connectivity index (χ3v) is 6.28. The zero-order chi connectivity index (χ0) is 19.4. The number of imidazole rings is 1. The highest BCUT2D eigenvalue weighted by atomic mass is 35.5. The van der Waals surface area contributed by atoms with Crippen LogP contribution >= 0.6 is 35.0 Å². The monoisotopic (exact) mass is 422 g/mol. The van der Waals surface area contributed by atoms with E-state index in [1.807, 2.05) is 18.3 Å². The standard InChI is InChI=1S/C20H24Cl2N4S/c1-3-6-17-25-18-19(13(2)12-24-20(18)23)26(17)9-4-5-10-27-16-8-7-14(21)11-15(16)22/h7-8,11-12H,3-6,9-10H2,1-2H3,(H2,23,24). The number of rotatable bonds is 8. The minimum atomic E-state index is 0.514. The van der Waals surface area contributed by atoms with Crippen molar-refractivity contribution in [2.45, 2.75) is 51.0 Å². The summed E-state index contributed by atoms with van der Waals surface area (Å²) in [6.07, 6.45) is 6.00. The maximum absolute atomic E-state index is 6.24. The van der Waals surface area contributed by atoms with Gasteiger partial charge in [0.25, 0.3) is 0 Å². The van der Waals surface area contributed by atoms with Crippen LogP contribution < -0.4 is 5.73 Å². The molecule has 3 rings (SSSR count). The summed E-state index contributed by atoms with van der Waals surface area (Å²) >= 11 is 14.0. The normalized spacial score (nSPS) is 11.4. The van der Waals surface area contributed by atoms with Gasteiger partial charge in [-0.05, 0) is 55.7 Å². The van der Waals surface area contributed by atoms with E-state index in [1.165, 1.54) is 0 Å². The van der Waals surface area contributed by atoms with Crippen molar-refractivity contribution in [1.29, 1.82) is 0 Å². The number of nitrogens with zero attached hydrogens (tertiary/aromatic N) is 3. The summed E-state index contributed by atoms with van der Waals surface area (Å²) in [6.45, 7) is 5.18. The third kappa shape index (κ3) is 4.71. The van der Waals surface area contributed by atoms with Gasteiger partial charge in [0.05, 0.1) is 10.5 Å². The Morgan fingerprint density at radius 3 is 2.78 bits per heavy atom. The molecule has 0 amide bonds. The number of thioether (sulfide) groups is 1. The Morgan fingerprint density at radius 2 is 2.04 bits per heavy atom. The number of anilines is 1. The minimum Gasteiger partial charge on any atom is -0.382 e. The Balaban J connectivity index is 1.66. The molecule has 0 aliphatic heterocycles. The van der Waals surface area contributed by atoms with E-state index in [2.05, 4.69) is 23.4 Å². The number of benzene rings is 1. The number of aromatic nitrogens is 3. The maximum atomic E-state index is 6.24. The van der Waals surface area contributed by atoms with Gasteiger partial charge in [-0.25, -0.2) is 9.97 Å². The predicted molar refractivity (Wildman–Crippen MR) is 117 cm³/mol. The van der Waals surface area contributed by atoms with Gasteiger partial charge in [-0.15, -0.1) is 11.8 Å². The van der Waals surface area contributed by atoms with Gasteiger partial charge < -0.3 is 10.3 Å². The third-order valence-electron chi connectivity index (χ3n) is 4.46. The van der Waals surface area contributed by atoms with E-state index in [-0.39, 0.29) is 0 Å². The molecule has 4 nitrogen and oxygen atoms in total. The molecule has 1 aromatic carbocycles. The lowest BCUT2D eigenvalue weighted by atomic mass is 10.2. The molecule has 0 fully saturated rings. The lowest BCUT2D eigenvalue weighted by molar-refractivity contribution is 0.613. The first kappa shape index (κ1) is 20.3. The summed E-state index contributed by atoms with van der Waals surface area (Å²) in [5, 5.41) is 1.39. The second kappa shape index (κ2) is 9.18. The van der Waals surface area contributed by atoms with Crippen molar-refractivity contribution >= 4 is 51.8 Å². The molecule has 0 radical (unpaired) electrons. The molecule has 27 heavy (non-hydrogen) atoms. The van der Waals surface area contributed by atoms with Crippen molar-refractivity contribution < 1.29 is 0 Å². The lowest BCUT2D eigenvalue weighted by Gasteiger charge is -2.10.